The average Bonchev–Trinajstić information content (AvgIpc) is 2.68. The number of aliphatic imine (C=N–C) groups is 1. The number of hydrogen-bond acceptors (Lipinski definition) is 4. The van der Waals surface area contributed by atoms with Gasteiger partial charge < -0.3 is 20.1 Å². The van der Waals surface area contributed by atoms with Gasteiger partial charge in [0.15, 0.2) is 5.96 Å². The van der Waals surface area contributed by atoms with E-state index in [0.29, 0.717) is 24.2 Å². The molecule has 1 saturated carbocycles. The lowest BCUT2D eigenvalue weighted by atomic mass is 9.55. The Morgan fingerprint density at radius 3 is 2.59 bits per heavy atom. The molecule has 2 N–H and O–H groups in total. The normalized spacial score (nSPS) is 32.5. The molecule has 2 saturated heterocycles. The third-order valence-corrected chi connectivity index (χ3v) is 7.17. The summed E-state index contributed by atoms with van der Waals surface area (Å²) in [5.41, 5.74) is 0.238. The summed E-state index contributed by atoms with van der Waals surface area (Å²) in [5.74, 6) is 1.52. The van der Waals surface area contributed by atoms with E-state index in [-0.39, 0.29) is 11.0 Å². The Kier molecular flexibility index (Phi) is 6.38. The molecule has 3 rings (SSSR count). The summed E-state index contributed by atoms with van der Waals surface area (Å²) in [6.07, 6.45) is 5.47. The largest absolute Gasteiger partial charge is 0.381 e. The number of piperidine rings is 1. The summed E-state index contributed by atoms with van der Waals surface area (Å²) >= 11 is 0. The molecule has 3 atom stereocenters. The van der Waals surface area contributed by atoms with E-state index in [9.17, 15) is 0 Å². The standard InChI is InChI=1S/C21H40N4O2/c1-20(2,25-11-9-15(26-6)10-12-25)14-23-19(22-5)24-17-16-8-7-13-27-18(16)21(17,3)4/h15-18H,7-14H2,1-6H3,(H2,22,23,24). The lowest BCUT2D eigenvalue weighted by Crippen LogP contribution is -2.71. The summed E-state index contributed by atoms with van der Waals surface area (Å²) < 4.78 is 11.5. The Labute approximate surface area is 165 Å². The SMILES string of the molecule is CN=C(NCC(C)(C)N1CCC(OC)CC1)NC1C2CCCOC2C1(C)C. The predicted molar refractivity (Wildman–Crippen MR) is 110 cm³/mol. The molecule has 27 heavy (non-hydrogen) atoms. The molecule has 6 heteroatoms. The van der Waals surface area contributed by atoms with Crippen LogP contribution in [0.1, 0.15) is 53.4 Å². The molecule has 0 aromatic rings. The van der Waals surface area contributed by atoms with Gasteiger partial charge in [0.05, 0.1) is 12.2 Å². The van der Waals surface area contributed by atoms with Gasteiger partial charge in [0.25, 0.3) is 0 Å². The maximum atomic E-state index is 6.03. The first-order valence-corrected chi connectivity index (χ1v) is 10.7. The topological polar surface area (TPSA) is 58.1 Å². The molecule has 0 spiro atoms. The fourth-order valence-corrected chi connectivity index (χ4v) is 5.27. The second-order valence-corrected chi connectivity index (χ2v) is 9.70. The Bertz CT molecular complexity index is 526. The van der Waals surface area contributed by atoms with E-state index in [1.165, 1.54) is 12.8 Å². The number of nitrogens with zero attached hydrogens (tertiary/aromatic N) is 2. The molecular weight excluding hydrogens is 340 g/mol. The smallest absolute Gasteiger partial charge is 0.191 e. The van der Waals surface area contributed by atoms with E-state index in [1.807, 2.05) is 14.2 Å². The van der Waals surface area contributed by atoms with Crippen LogP contribution in [0.2, 0.25) is 0 Å². The first-order chi connectivity index (χ1) is 12.8. The Balaban J connectivity index is 1.52. The number of fused-ring (bicyclic) bond motifs is 1. The minimum Gasteiger partial charge on any atom is -0.381 e. The van der Waals surface area contributed by atoms with Crippen LogP contribution in [0.5, 0.6) is 0 Å². The molecule has 3 aliphatic rings. The van der Waals surface area contributed by atoms with Crippen LogP contribution in [0.15, 0.2) is 4.99 Å². The second-order valence-electron chi connectivity index (χ2n) is 9.70. The predicted octanol–water partition coefficient (Wildman–Crippen LogP) is 2.24. The van der Waals surface area contributed by atoms with E-state index in [2.05, 4.69) is 48.2 Å². The van der Waals surface area contributed by atoms with Crippen molar-refractivity contribution in [1.29, 1.82) is 0 Å². The van der Waals surface area contributed by atoms with Crippen LogP contribution in [-0.2, 0) is 9.47 Å². The van der Waals surface area contributed by atoms with E-state index < -0.39 is 0 Å². The van der Waals surface area contributed by atoms with Gasteiger partial charge in [-0.25, -0.2) is 0 Å². The van der Waals surface area contributed by atoms with Gasteiger partial charge in [-0.05, 0) is 39.5 Å². The van der Waals surface area contributed by atoms with Gasteiger partial charge in [-0.1, -0.05) is 13.8 Å². The van der Waals surface area contributed by atoms with Gasteiger partial charge in [0, 0.05) is 63.3 Å². The molecule has 156 valence electrons. The molecular formula is C21H40N4O2. The van der Waals surface area contributed by atoms with Crippen LogP contribution in [0.4, 0.5) is 0 Å². The fourth-order valence-electron chi connectivity index (χ4n) is 5.27. The zero-order valence-corrected chi connectivity index (χ0v) is 18.2. The first-order valence-electron chi connectivity index (χ1n) is 10.7. The van der Waals surface area contributed by atoms with E-state index in [4.69, 9.17) is 9.47 Å². The van der Waals surface area contributed by atoms with Crippen LogP contribution in [0, 0.1) is 11.3 Å². The molecule has 0 radical (unpaired) electrons. The Morgan fingerprint density at radius 1 is 1.26 bits per heavy atom. The fraction of sp³-hybridized carbons (Fsp3) is 0.952. The Hall–Kier alpha value is -0.850. The van der Waals surface area contributed by atoms with Crippen molar-refractivity contribution in [3.63, 3.8) is 0 Å². The third-order valence-electron chi connectivity index (χ3n) is 7.17. The average molecular weight is 381 g/mol. The van der Waals surface area contributed by atoms with E-state index >= 15 is 0 Å². The molecule has 6 nitrogen and oxygen atoms in total. The number of rotatable bonds is 5. The van der Waals surface area contributed by atoms with Crippen molar-refractivity contribution in [2.75, 3.05) is 40.4 Å². The van der Waals surface area contributed by atoms with Crippen LogP contribution in [-0.4, -0.2) is 75.0 Å². The van der Waals surface area contributed by atoms with Crippen molar-refractivity contribution in [2.45, 2.75) is 77.2 Å². The zero-order valence-electron chi connectivity index (χ0n) is 18.2. The van der Waals surface area contributed by atoms with Crippen molar-refractivity contribution in [2.24, 2.45) is 16.3 Å². The number of likely N-dealkylation sites (tertiary alicyclic amines) is 1. The molecule has 2 aliphatic heterocycles. The highest BCUT2D eigenvalue weighted by Crippen LogP contribution is 2.51. The molecule has 0 aromatic heterocycles. The molecule has 3 fully saturated rings. The van der Waals surface area contributed by atoms with Gasteiger partial charge in [0.1, 0.15) is 0 Å². The summed E-state index contributed by atoms with van der Waals surface area (Å²) in [6.45, 7) is 13.2. The number of methoxy groups -OCH3 is 1. The molecule has 0 amide bonds. The van der Waals surface area contributed by atoms with Crippen molar-refractivity contribution in [3.8, 4) is 0 Å². The lowest BCUT2D eigenvalue weighted by molar-refractivity contribution is -0.188. The number of nitrogens with one attached hydrogen (secondary N) is 2. The highest BCUT2D eigenvalue weighted by molar-refractivity contribution is 5.80. The highest BCUT2D eigenvalue weighted by Gasteiger charge is 2.58. The molecule has 0 bridgehead atoms. The van der Waals surface area contributed by atoms with Gasteiger partial charge in [0.2, 0.25) is 0 Å². The van der Waals surface area contributed by atoms with Crippen molar-refractivity contribution >= 4 is 5.96 Å². The van der Waals surface area contributed by atoms with Crippen molar-refractivity contribution in [1.82, 2.24) is 15.5 Å². The molecule has 3 unspecified atom stereocenters. The number of guanidine groups is 1. The minimum absolute atomic E-state index is 0.0853. The van der Waals surface area contributed by atoms with Gasteiger partial charge in [-0.15, -0.1) is 0 Å². The second kappa shape index (κ2) is 8.26. The number of hydrogen-bond donors (Lipinski definition) is 2. The minimum atomic E-state index is 0.0853. The van der Waals surface area contributed by atoms with Crippen LogP contribution >= 0.6 is 0 Å². The van der Waals surface area contributed by atoms with Crippen LogP contribution < -0.4 is 10.6 Å². The monoisotopic (exact) mass is 380 g/mol. The quantitative estimate of drug-likeness (QED) is 0.566. The molecule has 2 heterocycles. The van der Waals surface area contributed by atoms with Gasteiger partial charge >= 0.3 is 0 Å². The van der Waals surface area contributed by atoms with Gasteiger partial charge in [-0.3, -0.25) is 9.89 Å². The zero-order chi connectivity index (χ0) is 19.7. The van der Waals surface area contributed by atoms with E-state index in [1.54, 1.807) is 0 Å². The highest BCUT2D eigenvalue weighted by atomic mass is 16.5. The van der Waals surface area contributed by atoms with Crippen molar-refractivity contribution < 1.29 is 9.47 Å². The lowest BCUT2D eigenvalue weighted by Gasteiger charge is -2.60. The summed E-state index contributed by atoms with van der Waals surface area (Å²) in [7, 11) is 3.69. The summed E-state index contributed by atoms with van der Waals surface area (Å²) in [5, 5.41) is 7.29. The number of ether oxygens (including phenoxy) is 2. The maximum absolute atomic E-state index is 6.03. The molecule has 0 aromatic carbocycles. The summed E-state index contributed by atoms with van der Waals surface area (Å²) in [4.78, 5) is 7.07. The molecule has 1 aliphatic carbocycles. The van der Waals surface area contributed by atoms with Crippen LogP contribution in [0.25, 0.3) is 0 Å². The van der Waals surface area contributed by atoms with Gasteiger partial charge in [-0.2, -0.15) is 0 Å². The maximum Gasteiger partial charge on any atom is 0.191 e. The first kappa shape index (κ1) is 20.9. The van der Waals surface area contributed by atoms with E-state index in [0.717, 1.165) is 45.0 Å². The third kappa shape index (κ3) is 4.28. The van der Waals surface area contributed by atoms with Crippen LogP contribution in [0.3, 0.4) is 0 Å². The Morgan fingerprint density at radius 2 is 1.96 bits per heavy atom. The summed E-state index contributed by atoms with van der Waals surface area (Å²) in [6, 6.07) is 0.426. The van der Waals surface area contributed by atoms with Crippen molar-refractivity contribution in [3.05, 3.63) is 0 Å².